The van der Waals surface area contributed by atoms with E-state index >= 15 is 0 Å². The number of nitrogens with two attached hydrogens (primary N) is 1. The van der Waals surface area contributed by atoms with Crippen LogP contribution >= 0.6 is 23.7 Å². The Morgan fingerprint density at radius 1 is 1.16 bits per heavy atom. The number of aromatic hydroxyl groups is 1. The van der Waals surface area contributed by atoms with E-state index < -0.39 is 6.04 Å². The predicted molar refractivity (Wildman–Crippen MR) is 129 cm³/mol. The van der Waals surface area contributed by atoms with Crippen molar-refractivity contribution < 1.29 is 9.90 Å². The maximum absolute atomic E-state index is 13.0. The first-order chi connectivity index (χ1) is 14.5. The highest BCUT2D eigenvalue weighted by Crippen LogP contribution is 2.28. The highest BCUT2D eigenvalue weighted by Gasteiger charge is 2.21. The van der Waals surface area contributed by atoms with Crippen LogP contribution in [0, 0.1) is 0 Å². The summed E-state index contributed by atoms with van der Waals surface area (Å²) in [6.45, 7) is 3.19. The minimum atomic E-state index is -0.496. The van der Waals surface area contributed by atoms with Crippen LogP contribution in [0.3, 0.4) is 0 Å². The maximum atomic E-state index is 13.0. The second-order valence-electron chi connectivity index (χ2n) is 7.52. The van der Waals surface area contributed by atoms with Crippen LogP contribution in [-0.4, -0.2) is 40.0 Å². The summed E-state index contributed by atoms with van der Waals surface area (Å²) in [4.78, 5) is 29.1. The van der Waals surface area contributed by atoms with E-state index in [-0.39, 0.29) is 28.9 Å². The Labute approximate surface area is 192 Å². The molecular formula is C23H30ClN3O3S. The molecule has 1 heterocycles. The molecular weight excluding hydrogens is 434 g/mol. The van der Waals surface area contributed by atoms with Gasteiger partial charge in [-0.25, -0.2) is 0 Å². The molecule has 1 aromatic heterocycles. The van der Waals surface area contributed by atoms with Gasteiger partial charge in [-0.3, -0.25) is 9.59 Å². The standard InChI is InChI=1S/C23H29N3O3S.ClH/c1-2-3-9-18(24)22(28)26(14-12-16-7-5-4-6-8-16)15-13-17-10-11-19(27)20-21(17)30-23(29)25-20;/h4-8,10-11,18,27H,2-3,9,12-15,24H2,1H3,(H,25,29);1H. The number of hydrogen-bond acceptors (Lipinski definition) is 5. The van der Waals surface area contributed by atoms with E-state index in [1.165, 1.54) is 5.56 Å². The Bertz CT molecular complexity index is 1040. The van der Waals surface area contributed by atoms with Crippen molar-refractivity contribution in [1.29, 1.82) is 0 Å². The fourth-order valence-corrected chi connectivity index (χ4v) is 4.45. The van der Waals surface area contributed by atoms with Gasteiger partial charge in [0.15, 0.2) is 0 Å². The maximum Gasteiger partial charge on any atom is 0.305 e. The van der Waals surface area contributed by atoms with Crippen molar-refractivity contribution in [2.75, 3.05) is 13.1 Å². The minimum Gasteiger partial charge on any atom is -0.506 e. The van der Waals surface area contributed by atoms with E-state index in [9.17, 15) is 14.7 Å². The first-order valence-corrected chi connectivity index (χ1v) is 11.2. The van der Waals surface area contributed by atoms with Crippen molar-refractivity contribution in [1.82, 2.24) is 9.88 Å². The third-order valence-corrected chi connectivity index (χ3v) is 6.26. The average Bonchev–Trinajstić information content (AvgIpc) is 3.16. The van der Waals surface area contributed by atoms with Gasteiger partial charge < -0.3 is 20.7 Å². The van der Waals surface area contributed by atoms with Crippen LogP contribution in [0.25, 0.3) is 10.2 Å². The van der Waals surface area contributed by atoms with Crippen molar-refractivity contribution in [2.24, 2.45) is 5.73 Å². The average molecular weight is 464 g/mol. The molecule has 0 radical (unpaired) electrons. The number of phenolic OH excluding ortho intramolecular Hbond substituents is 1. The zero-order valence-electron chi connectivity index (χ0n) is 17.7. The molecule has 1 amide bonds. The van der Waals surface area contributed by atoms with E-state index in [1.54, 1.807) is 6.07 Å². The van der Waals surface area contributed by atoms with Crippen LogP contribution in [0.1, 0.15) is 37.3 Å². The van der Waals surface area contributed by atoms with Crippen molar-refractivity contribution in [3.05, 3.63) is 63.3 Å². The summed E-state index contributed by atoms with van der Waals surface area (Å²) in [7, 11) is 0. The summed E-state index contributed by atoms with van der Waals surface area (Å²) >= 11 is 1.08. The summed E-state index contributed by atoms with van der Waals surface area (Å²) in [5, 5.41) is 10.00. The molecule has 3 aromatic rings. The number of H-pyrrole nitrogens is 1. The quantitative estimate of drug-likeness (QED) is 0.425. The molecule has 0 bridgehead atoms. The lowest BCUT2D eigenvalue weighted by Crippen LogP contribution is -2.45. The number of benzene rings is 2. The number of carbonyl (C=O) groups is 1. The number of rotatable bonds is 10. The lowest BCUT2D eigenvalue weighted by molar-refractivity contribution is -0.132. The third kappa shape index (κ3) is 6.56. The zero-order valence-corrected chi connectivity index (χ0v) is 19.3. The monoisotopic (exact) mass is 463 g/mol. The minimum absolute atomic E-state index is 0. The summed E-state index contributed by atoms with van der Waals surface area (Å²) < 4.78 is 0.741. The molecule has 8 heteroatoms. The van der Waals surface area contributed by atoms with E-state index in [1.807, 2.05) is 29.2 Å². The number of nitrogens with one attached hydrogen (secondary N) is 1. The first-order valence-electron chi connectivity index (χ1n) is 10.4. The Kier molecular flexibility index (Phi) is 9.55. The van der Waals surface area contributed by atoms with Crippen LogP contribution in [0.2, 0.25) is 0 Å². The summed E-state index contributed by atoms with van der Waals surface area (Å²) in [5.41, 5.74) is 8.76. The van der Waals surface area contributed by atoms with Gasteiger partial charge in [-0.15, -0.1) is 12.4 Å². The Morgan fingerprint density at radius 3 is 2.58 bits per heavy atom. The molecule has 0 aliphatic rings. The third-order valence-electron chi connectivity index (χ3n) is 5.30. The number of phenols is 1. The van der Waals surface area contributed by atoms with Crippen LogP contribution in [0.5, 0.6) is 5.75 Å². The van der Waals surface area contributed by atoms with Crippen molar-refractivity contribution in [3.8, 4) is 5.75 Å². The lowest BCUT2D eigenvalue weighted by atomic mass is 10.1. The molecule has 0 saturated carbocycles. The fraction of sp³-hybridized carbons (Fsp3) is 0.391. The van der Waals surface area contributed by atoms with Crippen molar-refractivity contribution in [2.45, 2.75) is 45.1 Å². The fourth-order valence-electron chi connectivity index (χ4n) is 3.55. The Morgan fingerprint density at radius 2 is 1.87 bits per heavy atom. The van der Waals surface area contributed by atoms with E-state index in [0.29, 0.717) is 31.4 Å². The van der Waals surface area contributed by atoms with E-state index in [0.717, 1.165) is 40.9 Å². The van der Waals surface area contributed by atoms with Gasteiger partial charge in [-0.05, 0) is 36.5 Å². The first kappa shape index (κ1) is 24.9. The lowest BCUT2D eigenvalue weighted by Gasteiger charge is -2.26. The van der Waals surface area contributed by atoms with Crippen LogP contribution < -0.4 is 10.6 Å². The van der Waals surface area contributed by atoms with Gasteiger partial charge >= 0.3 is 4.87 Å². The summed E-state index contributed by atoms with van der Waals surface area (Å²) in [6, 6.07) is 13.0. The van der Waals surface area contributed by atoms with Crippen LogP contribution in [0.15, 0.2) is 47.3 Å². The highest BCUT2D eigenvalue weighted by molar-refractivity contribution is 7.16. The zero-order chi connectivity index (χ0) is 21.5. The van der Waals surface area contributed by atoms with Crippen molar-refractivity contribution >= 4 is 39.9 Å². The predicted octanol–water partition coefficient (Wildman–Crippen LogP) is 3.85. The molecule has 168 valence electrons. The summed E-state index contributed by atoms with van der Waals surface area (Å²) in [6.07, 6.45) is 3.96. The summed E-state index contributed by atoms with van der Waals surface area (Å²) in [5.74, 6) is 0.0300. The molecule has 0 fully saturated rings. The van der Waals surface area contributed by atoms with E-state index in [2.05, 4.69) is 24.0 Å². The Hall–Kier alpha value is -2.35. The number of hydrogen-bond donors (Lipinski definition) is 3. The number of unbranched alkanes of at least 4 members (excludes halogenated alkanes) is 1. The normalized spacial score (nSPS) is 11.8. The van der Waals surface area contributed by atoms with Crippen molar-refractivity contribution in [3.63, 3.8) is 0 Å². The molecule has 4 N–H and O–H groups in total. The van der Waals surface area contributed by atoms with Gasteiger partial charge in [-0.1, -0.05) is 67.5 Å². The molecule has 0 aliphatic heterocycles. The molecule has 3 rings (SSSR count). The van der Waals surface area contributed by atoms with Gasteiger partial charge in [0.05, 0.1) is 10.7 Å². The highest BCUT2D eigenvalue weighted by atomic mass is 35.5. The van der Waals surface area contributed by atoms with Gasteiger partial charge in [0.2, 0.25) is 5.91 Å². The molecule has 0 spiro atoms. The Balaban J connectivity index is 0.00000341. The molecule has 0 aliphatic carbocycles. The number of halogens is 1. The van der Waals surface area contributed by atoms with Gasteiger partial charge in [0.1, 0.15) is 11.3 Å². The smallest absolute Gasteiger partial charge is 0.305 e. The van der Waals surface area contributed by atoms with E-state index in [4.69, 9.17) is 5.73 Å². The van der Waals surface area contributed by atoms with Crippen LogP contribution in [0.4, 0.5) is 0 Å². The number of amides is 1. The molecule has 1 atom stereocenters. The number of thiazole rings is 1. The SMILES string of the molecule is CCCCC(N)C(=O)N(CCc1ccccc1)CCc1ccc(O)c2[nH]c(=O)sc12.Cl. The van der Waals surface area contributed by atoms with Gasteiger partial charge in [0, 0.05) is 13.1 Å². The number of aromatic nitrogens is 1. The number of carbonyl (C=O) groups excluding carboxylic acids is 1. The van der Waals surface area contributed by atoms with Gasteiger partial charge in [0.25, 0.3) is 0 Å². The second kappa shape index (κ2) is 11.9. The number of nitrogens with zero attached hydrogens (tertiary/aromatic N) is 1. The topological polar surface area (TPSA) is 99.4 Å². The second-order valence-corrected chi connectivity index (χ2v) is 8.51. The molecule has 1 unspecified atom stereocenters. The molecule has 31 heavy (non-hydrogen) atoms. The number of fused-ring (bicyclic) bond motifs is 1. The molecule has 6 nitrogen and oxygen atoms in total. The van der Waals surface area contributed by atoms with Crippen LogP contribution in [-0.2, 0) is 17.6 Å². The largest absolute Gasteiger partial charge is 0.506 e. The molecule has 0 saturated heterocycles. The molecule has 2 aromatic carbocycles. The van der Waals surface area contributed by atoms with Gasteiger partial charge in [-0.2, -0.15) is 0 Å². The number of aromatic amines is 1.